The molecule has 142 valence electrons. The highest BCUT2D eigenvalue weighted by molar-refractivity contribution is 5.19. The maximum absolute atomic E-state index is 13.5. The lowest BCUT2D eigenvalue weighted by atomic mass is 10.2. The molecule has 2 aromatic carbocycles. The number of hydrogen-bond acceptors (Lipinski definition) is 2. The van der Waals surface area contributed by atoms with E-state index in [2.05, 4.69) is 27.7 Å². The average Bonchev–Trinajstić information content (AvgIpc) is 3.09. The summed E-state index contributed by atoms with van der Waals surface area (Å²) < 4.78 is 15.6. The van der Waals surface area contributed by atoms with Crippen molar-refractivity contribution < 1.29 is 9.50 Å². The second-order valence-corrected chi connectivity index (χ2v) is 6.97. The molecule has 1 heterocycles. The summed E-state index contributed by atoms with van der Waals surface area (Å²) in [6, 6.07) is 21.1. The van der Waals surface area contributed by atoms with Gasteiger partial charge in [0, 0.05) is 38.1 Å². The Labute approximate surface area is 160 Å². The van der Waals surface area contributed by atoms with Crippen LogP contribution in [0.25, 0.3) is 0 Å². The van der Waals surface area contributed by atoms with Crippen LogP contribution in [-0.4, -0.2) is 27.2 Å². The van der Waals surface area contributed by atoms with Crippen molar-refractivity contribution in [2.75, 3.05) is 6.54 Å². The number of aliphatic hydroxyl groups excluding tert-OH is 1. The van der Waals surface area contributed by atoms with Gasteiger partial charge in [0.05, 0.1) is 6.10 Å². The van der Waals surface area contributed by atoms with Gasteiger partial charge in [-0.1, -0.05) is 49.4 Å². The quantitative estimate of drug-likeness (QED) is 0.606. The molecule has 1 atom stereocenters. The summed E-state index contributed by atoms with van der Waals surface area (Å²) in [7, 11) is 0. The standard InChI is InChI=1S/C23H27FN2O/c1-2-23(27)18-25(15-19-8-4-3-5-9-19)17-22-12-7-13-26(22)16-20-10-6-11-21(24)14-20/h3-14,23,27H,2,15-18H2,1H3/t23-/m1/s1. The Balaban J connectivity index is 1.74. The molecule has 0 fully saturated rings. The molecule has 0 aliphatic carbocycles. The fourth-order valence-electron chi connectivity index (χ4n) is 3.26. The molecule has 0 saturated heterocycles. The molecule has 0 aliphatic heterocycles. The Morgan fingerprint density at radius 1 is 0.963 bits per heavy atom. The van der Waals surface area contributed by atoms with E-state index in [0.29, 0.717) is 13.1 Å². The molecule has 0 bridgehead atoms. The molecule has 4 heteroatoms. The van der Waals surface area contributed by atoms with E-state index >= 15 is 0 Å². The normalized spacial score (nSPS) is 12.4. The summed E-state index contributed by atoms with van der Waals surface area (Å²) in [6.45, 7) is 4.77. The van der Waals surface area contributed by atoms with Gasteiger partial charge >= 0.3 is 0 Å². The molecule has 0 spiro atoms. The van der Waals surface area contributed by atoms with E-state index in [0.717, 1.165) is 30.8 Å². The summed E-state index contributed by atoms with van der Waals surface area (Å²) in [5.74, 6) is -0.210. The number of hydrogen-bond donors (Lipinski definition) is 1. The molecule has 0 amide bonds. The van der Waals surface area contributed by atoms with Crippen LogP contribution in [0.5, 0.6) is 0 Å². The monoisotopic (exact) mass is 366 g/mol. The maximum atomic E-state index is 13.5. The Morgan fingerprint density at radius 3 is 2.48 bits per heavy atom. The van der Waals surface area contributed by atoms with Crippen LogP contribution in [0.4, 0.5) is 4.39 Å². The van der Waals surface area contributed by atoms with Gasteiger partial charge in [0.1, 0.15) is 5.82 Å². The molecular formula is C23H27FN2O. The second-order valence-electron chi connectivity index (χ2n) is 6.97. The molecule has 1 aromatic heterocycles. The average molecular weight is 366 g/mol. The highest BCUT2D eigenvalue weighted by Gasteiger charge is 2.14. The maximum Gasteiger partial charge on any atom is 0.123 e. The van der Waals surface area contributed by atoms with E-state index in [9.17, 15) is 9.50 Å². The van der Waals surface area contributed by atoms with Crippen molar-refractivity contribution in [2.24, 2.45) is 0 Å². The summed E-state index contributed by atoms with van der Waals surface area (Å²) in [5.41, 5.74) is 3.32. The zero-order valence-electron chi connectivity index (χ0n) is 15.8. The first-order valence-electron chi connectivity index (χ1n) is 9.47. The van der Waals surface area contributed by atoms with Gasteiger partial charge < -0.3 is 9.67 Å². The number of nitrogens with zero attached hydrogens (tertiary/aromatic N) is 2. The van der Waals surface area contributed by atoms with Crippen LogP contribution in [0.15, 0.2) is 72.9 Å². The predicted octanol–water partition coefficient (Wildman–Crippen LogP) is 4.45. The van der Waals surface area contributed by atoms with Gasteiger partial charge in [-0.05, 0) is 41.8 Å². The zero-order valence-corrected chi connectivity index (χ0v) is 15.8. The largest absolute Gasteiger partial charge is 0.392 e. The van der Waals surface area contributed by atoms with E-state index in [1.54, 1.807) is 12.1 Å². The van der Waals surface area contributed by atoms with Crippen molar-refractivity contribution in [1.29, 1.82) is 0 Å². The molecule has 3 rings (SSSR count). The minimum atomic E-state index is -0.347. The van der Waals surface area contributed by atoms with E-state index in [1.165, 1.54) is 11.6 Å². The molecule has 1 N–H and O–H groups in total. The van der Waals surface area contributed by atoms with E-state index in [-0.39, 0.29) is 11.9 Å². The van der Waals surface area contributed by atoms with Gasteiger partial charge in [0.15, 0.2) is 0 Å². The zero-order chi connectivity index (χ0) is 19.1. The van der Waals surface area contributed by atoms with E-state index in [1.807, 2.05) is 43.5 Å². The Morgan fingerprint density at radius 2 is 1.74 bits per heavy atom. The third kappa shape index (κ3) is 5.78. The number of aliphatic hydroxyl groups is 1. The van der Waals surface area contributed by atoms with Crippen LogP contribution in [0.3, 0.4) is 0 Å². The summed E-state index contributed by atoms with van der Waals surface area (Å²) in [6.07, 6.45) is 2.41. The Hall–Kier alpha value is -2.43. The van der Waals surface area contributed by atoms with Crippen molar-refractivity contribution in [3.05, 3.63) is 95.6 Å². The first-order chi connectivity index (χ1) is 13.1. The third-order valence-electron chi connectivity index (χ3n) is 4.74. The van der Waals surface area contributed by atoms with Gasteiger partial charge in [-0.25, -0.2) is 4.39 Å². The predicted molar refractivity (Wildman–Crippen MR) is 107 cm³/mol. The van der Waals surface area contributed by atoms with Gasteiger partial charge in [0.25, 0.3) is 0 Å². The van der Waals surface area contributed by atoms with Crippen LogP contribution in [-0.2, 0) is 19.6 Å². The first-order valence-corrected chi connectivity index (χ1v) is 9.47. The van der Waals surface area contributed by atoms with Crippen LogP contribution in [0.1, 0.15) is 30.2 Å². The molecule has 0 saturated carbocycles. The highest BCUT2D eigenvalue weighted by atomic mass is 19.1. The second kappa shape index (κ2) is 9.49. The van der Waals surface area contributed by atoms with Crippen molar-refractivity contribution in [1.82, 2.24) is 9.47 Å². The van der Waals surface area contributed by atoms with Crippen LogP contribution in [0.2, 0.25) is 0 Å². The van der Waals surface area contributed by atoms with Crippen molar-refractivity contribution >= 4 is 0 Å². The Bertz CT molecular complexity index is 831. The van der Waals surface area contributed by atoms with Crippen molar-refractivity contribution in [2.45, 2.75) is 39.1 Å². The third-order valence-corrected chi connectivity index (χ3v) is 4.74. The summed E-state index contributed by atoms with van der Waals surface area (Å²) >= 11 is 0. The molecule has 0 aliphatic rings. The molecule has 0 radical (unpaired) electrons. The minimum Gasteiger partial charge on any atom is -0.392 e. The van der Waals surface area contributed by atoms with Crippen molar-refractivity contribution in [3.63, 3.8) is 0 Å². The van der Waals surface area contributed by atoms with E-state index < -0.39 is 0 Å². The minimum absolute atomic E-state index is 0.210. The van der Waals surface area contributed by atoms with Crippen LogP contribution in [0, 0.1) is 5.82 Å². The van der Waals surface area contributed by atoms with Gasteiger partial charge in [-0.15, -0.1) is 0 Å². The molecule has 3 aromatic rings. The van der Waals surface area contributed by atoms with Crippen LogP contribution < -0.4 is 0 Å². The smallest absolute Gasteiger partial charge is 0.123 e. The van der Waals surface area contributed by atoms with Gasteiger partial charge in [0.2, 0.25) is 0 Å². The van der Waals surface area contributed by atoms with Crippen LogP contribution >= 0.6 is 0 Å². The van der Waals surface area contributed by atoms with Gasteiger partial charge in [-0.2, -0.15) is 0 Å². The van der Waals surface area contributed by atoms with Crippen molar-refractivity contribution in [3.8, 4) is 0 Å². The number of benzene rings is 2. The Kier molecular flexibility index (Phi) is 6.80. The fourth-order valence-corrected chi connectivity index (χ4v) is 3.26. The van der Waals surface area contributed by atoms with E-state index in [4.69, 9.17) is 0 Å². The fraction of sp³-hybridized carbons (Fsp3) is 0.304. The molecular weight excluding hydrogens is 339 g/mol. The van der Waals surface area contributed by atoms with Gasteiger partial charge in [-0.3, -0.25) is 4.90 Å². The number of aromatic nitrogens is 1. The lowest BCUT2D eigenvalue weighted by Gasteiger charge is -2.25. The SMILES string of the molecule is CC[C@@H](O)CN(Cc1ccccc1)Cc1cccn1Cc1cccc(F)c1. The topological polar surface area (TPSA) is 28.4 Å². The summed E-state index contributed by atoms with van der Waals surface area (Å²) in [5, 5.41) is 10.2. The summed E-state index contributed by atoms with van der Waals surface area (Å²) in [4.78, 5) is 2.26. The molecule has 3 nitrogen and oxygen atoms in total. The highest BCUT2D eigenvalue weighted by Crippen LogP contribution is 2.15. The first kappa shape index (κ1) is 19.3. The lowest BCUT2D eigenvalue weighted by molar-refractivity contribution is 0.100. The number of rotatable bonds is 9. The lowest BCUT2D eigenvalue weighted by Crippen LogP contribution is -2.32. The number of halogens is 1. The molecule has 0 unspecified atom stereocenters. The molecule has 27 heavy (non-hydrogen) atoms.